The van der Waals surface area contributed by atoms with Crippen molar-refractivity contribution >= 4 is 73.8 Å². The van der Waals surface area contributed by atoms with Gasteiger partial charge in [-0.2, -0.15) is 0 Å². The van der Waals surface area contributed by atoms with Crippen LogP contribution in [0.25, 0.3) is 0 Å². The summed E-state index contributed by atoms with van der Waals surface area (Å²) in [5, 5.41) is 8.06. The molecule has 23 nitrogen and oxygen atoms in total. The van der Waals surface area contributed by atoms with E-state index >= 15 is 0 Å². The van der Waals surface area contributed by atoms with Crippen LogP contribution in [0.15, 0.2) is 60.7 Å². The second kappa shape index (κ2) is 275. The van der Waals surface area contributed by atoms with Crippen LogP contribution in [0.1, 0.15) is 208 Å². The van der Waals surface area contributed by atoms with E-state index in [4.69, 9.17) is 53.1 Å². The molecule has 0 aromatic heterocycles. The number of amides is 1. The maximum atomic E-state index is 10.7. The van der Waals surface area contributed by atoms with E-state index < -0.39 is 0 Å². The molecule has 0 atom stereocenters. The van der Waals surface area contributed by atoms with E-state index in [1.165, 1.54) is 91.3 Å². The number of hydrogen-bond donors (Lipinski definition) is 11. The monoisotopic (exact) mass is 1320 g/mol. The number of aryl methyl sites for hydroxylation is 2. The molecule has 26 N–H and O–H groups in total. The summed E-state index contributed by atoms with van der Waals surface area (Å²) in [5.41, 5.74) is 25.3. The van der Waals surface area contributed by atoms with Crippen LogP contribution >= 0.6 is 0 Å². The second-order valence-corrected chi connectivity index (χ2v) is 16.3. The fraction of sp³-hybridized carbons (Fsp3) is 0.657. The number of benzene rings is 2. The average Bonchev–Trinajstić information content (AvgIpc) is 3.59. The van der Waals surface area contributed by atoms with Gasteiger partial charge in [0.1, 0.15) is 67.9 Å². The number of nitrogens with two attached hydrogens (primary N) is 5. The summed E-state index contributed by atoms with van der Waals surface area (Å²) >= 11 is 0. The number of hydrogen-bond acceptors (Lipinski definition) is 22. The highest BCUT2D eigenvalue weighted by atomic mass is 16.3. The molecule has 2 aromatic carbocycles. The Morgan fingerprint density at radius 1 is 0.367 bits per heavy atom. The molecule has 2 aromatic rings. The summed E-state index contributed by atoms with van der Waals surface area (Å²) < 4.78 is 0. The third-order valence-electron chi connectivity index (χ3n) is 7.57. The quantitative estimate of drug-likeness (QED) is 0.128. The molecule has 1 aliphatic rings. The van der Waals surface area contributed by atoms with Gasteiger partial charge in [-0.05, 0) is 122 Å². The van der Waals surface area contributed by atoms with Crippen molar-refractivity contribution in [1.29, 1.82) is 0 Å². The van der Waals surface area contributed by atoms with Crippen LogP contribution < -0.4 is 59.4 Å². The second-order valence-electron chi connectivity index (χ2n) is 16.3. The lowest BCUT2D eigenvalue weighted by molar-refractivity contribution is -0.129. The number of piperidine rings is 1. The average molecular weight is 1320 g/mol. The van der Waals surface area contributed by atoms with Gasteiger partial charge < -0.3 is 117 Å². The standard InChI is InChI=1S/2C8H10.C7H13NO.4C5H12.C4H10.C3H8O.C2H6.5CH5N.10CH2O.5H3N/c2*1-2-8-6-4-3-5-7-8;1-7(9)8-5-3-2-4-6-8;4*1-4-5(2)3;1-4(2)3;1-3(2)4;16*1-2;;;;;/h2*3-7H,2H2,1H3;2-6H2,1H3;4*5H,4H2,1-3H3;4H,1-3H3;3-4H,1-2H3;1-2H3;5*2H2,1H3;10*1H2;5*1H3. The number of aliphatic hydroxyl groups is 1. The van der Waals surface area contributed by atoms with Crippen molar-refractivity contribution in [3.8, 4) is 0 Å². The van der Waals surface area contributed by atoms with Gasteiger partial charge in [0, 0.05) is 26.1 Å². The molecular weight excluding hydrogens is 1150 g/mol. The number of carbonyl (C=O) groups is 11. The van der Waals surface area contributed by atoms with Gasteiger partial charge >= 0.3 is 0 Å². The first-order valence-corrected chi connectivity index (χ1v) is 28.5. The van der Waals surface area contributed by atoms with Gasteiger partial charge in [0.2, 0.25) is 5.91 Å². The van der Waals surface area contributed by atoms with Crippen molar-refractivity contribution in [1.82, 2.24) is 35.7 Å². The molecule has 23 heteroatoms. The Morgan fingerprint density at radius 2 is 0.489 bits per heavy atom. The molecule has 0 aliphatic carbocycles. The lowest BCUT2D eigenvalue weighted by atomic mass is 10.1. The molecule has 0 saturated carbocycles. The van der Waals surface area contributed by atoms with E-state index in [1.54, 1.807) is 20.8 Å². The van der Waals surface area contributed by atoms with Gasteiger partial charge in [0.25, 0.3) is 0 Å². The molecule has 0 unspecified atom stereocenters. The highest BCUT2D eigenvalue weighted by Crippen LogP contribution is 2.07. The van der Waals surface area contributed by atoms with Gasteiger partial charge in [-0.25, -0.2) is 0 Å². The zero-order valence-corrected chi connectivity index (χ0v) is 64.4. The lowest BCUT2D eigenvalue weighted by Gasteiger charge is -2.24. The largest absolute Gasteiger partial charge is 0.394 e. The molecule has 1 fully saturated rings. The first-order valence-electron chi connectivity index (χ1n) is 28.5. The Kier molecular flexibility index (Phi) is 545. The Labute approximate surface area is 559 Å². The van der Waals surface area contributed by atoms with Crippen molar-refractivity contribution in [3.05, 3.63) is 71.8 Å². The molecule has 1 saturated heterocycles. The molecule has 1 aliphatic heterocycles. The molecular formula is C67H165N11O12. The predicted octanol–water partition coefficient (Wildman–Crippen LogP) is 13.6. The van der Waals surface area contributed by atoms with E-state index in [9.17, 15) is 4.79 Å². The first kappa shape index (κ1) is 178. The van der Waals surface area contributed by atoms with Gasteiger partial charge in [0.15, 0.2) is 0 Å². The van der Waals surface area contributed by atoms with Crippen LogP contribution in [0.2, 0.25) is 0 Å². The minimum Gasteiger partial charge on any atom is -0.394 e. The highest BCUT2D eigenvalue weighted by Gasteiger charge is 2.11. The van der Waals surface area contributed by atoms with E-state index in [0.29, 0.717) is 0 Å². The Hall–Kier alpha value is -5.83. The molecule has 560 valence electrons. The van der Waals surface area contributed by atoms with Crippen molar-refractivity contribution in [3.63, 3.8) is 0 Å². The molecule has 3 rings (SSSR count). The summed E-state index contributed by atoms with van der Waals surface area (Å²) in [7, 11) is 7.50. The fourth-order valence-corrected chi connectivity index (χ4v) is 2.64. The van der Waals surface area contributed by atoms with Crippen LogP contribution in [0, 0.1) is 29.6 Å². The Balaban J connectivity index is -0.0000000188. The number of rotatable bonds is 6. The zero-order valence-electron chi connectivity index (χ0n) is 64.4. The van der Waals surface area contributed by atoms with Gasteiger partial charge in [-0.3, -0.25) is 4.79 Å². The summed E-state index contributed by atoms with van der Waals surface area (Å²) in [5.74, 6) is 4.60. The normalized spacial score (nSPS) is 7.39. The molecule has 0 bridgehead atoms. The smallest absolute Gasteiger partial charge is 0.219 e. The van der Waals surface area contributed by atoms with E-state index in [1.807, 2.05) is 98.8 Å². The minimum atomic E-state index is -0.167. The maximum absolute atomic E-state index is 10.7. The van der Waals surface area contributed by atoms with Gasteiger partial charge in [-0.15, -0.1) is 0 Å². The fourth-order valence-electron chi connectivity index (χ4n) is 2.64. The predicted molar refractivity (Wildman–Crippen MR) is 404 cm³/mol. The van der Waals surface area contributed by atoms with Crippen molar-refractivity contribution in [2.75, 3.05) is 48.3 Å². The number of aliphatic hydroxyl groups excluding tert-OH is 1. The molecule has 90 heavy (non-hydrogen) atoms. The third-order valence-corrected chi connectivity index (χ3v) is 7.57. The Bertz CT molecular complexity index is 999. The zero-order chi connectivity index (χ0) is 74.6. The summed E-state index contributed by atoms with van der Waals surface area (Å²) in [6.45, 7) is 68.4. The van der Waals surface area contributed by atoms with Crippen LogP contribution in [-0.4, -0.2) is 138 Å². The van der Waals surface area contributed by atoms with Crippen molar-refractivity contribution in [2.24, 2.45) is 58.3 Å². The van der Waals surface area contributed by atoms with E-state index in [0.717, 1.165) is 55.5 Å². The SMILES string of the molecule is C=O.C=O.C=O.C=O.C=O.C=O.C=O.C=O.C=O.C=O.CC.CC(=O)N1CCCCC1.CC(C)C.CC(C)O.CCC(C)C.CCC(C)C.CCC(C)C.CCC(C)C.CCc1ccccc1.CCc1ccccc1.CN.CN.CN.CN.CN.N.N.N.N.N. The summed E-state index contributed by atoms with van der Waals surface area (Å²) in [6.07, 6.45) is 11.0. The molecule has 0 spiro atoms. The molecule has 0 radical (unpaired) electrons. The summed E-state index contributed by atoms with van der Waals surface area (Å²) in [4.78, 5) is 92.6. The van der Waals surface area contributed by atoms with E-state index in [-0.39, 0.29) is 42.8 Å². The van der Waals surface area contributed by atoms with Crippen LogP contribution in [0.3, 0.4) is 0 Å². The van der Waals surface area contributed by atoms with Crippen LogP contribution in [-0.2, 0) is 65.6 Å². The van der Waals surface area contributed by atoms with Gasteiger partial charge in [0.05, 0.1) is 0 Å². The number of nitrogens with zero attached hydrogens (tertiary/aromatic N) is 1. The van der Waals surface area contributed by atoms with Crippen molar-refractivity contribution in [2.45, 2.75) is 216 Å². The third kappa shape index (κ3) is 464. The first-order chi connectivity index (χ1) is 40.7. The highest BCUT2D eigenvalue weighted by molar-refractivity contribution is 5.73. The van der Waals surface area contributed by atoms with Crippen LogP contribution in [0.4, 0.5) is 0 Å². The lowest BCUT2D eigenvalue weighted by Crippen LogP contribution is -2.33. The van der Waals surface area contributed by atoms with E-state index in [2.05, 4.69) is 195 Å². The molecule has 1 heterocycles. The summed E-state index contributed by atoms with van der Waals surface area (Å²) in [6, 6.07) is 20.9. The number of carbonyl (C=O) groups excluding carboxylic acids is 11. The molecule has 1 amide bonds. The van der Waals surface area contributed by atoms with Crippen LogP contribution in [0.5, 0.6) is 0 Å². The topological polar surface area (TPSA) is 516 Å². The maximum Gasteiger partial charge on any atom is 0.219 e. The number of likely N-dealkylation sites (tertiary alicyclic amines) is 1. The Morgan fingerprint density at radius 3 is 0.556 bits per heavy atom. The minimum absolute atomic E-state index is 0. The van der Waals surface area contributed by atoms with Gasteiger partial charge in [-0.1, -0.05) is 218 Å². The van der Waals surface area contributed by atoms with Crippen molar-refractivity contribution < 1.29 is 57.8 Å².